The van der Waals surface area contributed by atoms with E-state index in [9.17, 15) is 4.79 Å². The van der Waals surface area contributed by atoms with Gasteiger partial charge in [0, 0.05) is 25.7 Å². The van der Waals surface area contributed by atoms with E-state index in [4.69, 9.17) is 9.84 Å². The van der Waals surface area contributed by atoms with Gasteiger partial charge in [0.05, 0.1) is 6.61 Å². The van der Waals surface area contributed by atoms with E-state index in [0.29, 0.717) is 12.0 Å². The maximum atomic E-state index is 12.3. The van der Waals surface area contributed by atoms with E-state index in [0.717, 1.165) is 45.4 Å². The Labute approximate surface area is 121 Å². The van der Waals surface area contributed by atoms with Gasteiger partial charge in [-0.25, -0.2) is 4.79 Å². The van der Waals surface area contributed by atoms with E-state index in [2.05, 4.69) is 4.90 Å². The van der Waals surface area contributed by atoms with Crippen molar-refractivity contribution < 1.29 is 14.6 Å². The van der Waals surface area contributed by atoms with Crippen LogP contribution in [0, 0.1) is 5.92 Å². The molecule has 0 spiro atoms. The standard InChI is InChI=1S/C15H28N2O3/c1-15(2,3)20-14(19)17(13-4-5-13)11-12-6-7-16(10-12)8-9-18/h12-13,18H,4-11H2,1-3H3/t12-/m0/s1. The largest absolute Gasteiger partial charge is 0.444 e. The first kappa shape index (κ1) is 15.6. The molecule has 0 aromatic carbocycles. The van der Waals surface area contributed by atoms with Crippen LogP contribution >= 0.6 is 0 Å². The summed E-state index contributed by atoms with van der Waals surface area (Å²) < 4.78 is 5.52. The van der Waals surface area contributed by atoms with Crippen LogP contribution in [0.15, 0.2) is 0 Å². The minimum absolute atomic E-state index is 0.166. The van der Waals surface area contributed by atoms with E-state index in [1.807, 2.05) is 25.7 Å². The van der Waals surface area contributed by atoms with Crippen LogP contribution in [0.2, 0.25) is 0 Å². The van der Waals surface area contributed by atoms with Gasteiger partial charge in [0.15, 0.2) is 0 Å². The third-order valence-electron chi connectivity index (χ3n) is 3.86. The van der Waals surface area contributed by atoms with E-state index in [1.54, 1.807) is 0 Å². The molecule has 0 aromatic rings. The van der Waals surface area contributed by atoms with Crippen molar-refractivity contribution in [3.63, 3.8) is 0 Å². The lowest BCUT2D eigenvalue weighted by Gasteiger charge is -2.29. The second-order valence-electron chi connectivity index (χ2n) is 7.04. The molecule has 2 fully saturated rings. The monoisotopic (exact) mass is 284 g/mol. The van der Waals surface area contributed by atoms with E-state index in [-0.39, 0.29) is 12.7 Å². The van der Waals surface area contributed by atoms with Crippen LogP contribution in [0.1, 0.15) is 40.0 Å². The lowest BCUT2D eigenvalue weighted by molar-refractivity contribution is 0.0204. The zero-order valence-corrected chi connectivity index (χ0v) is 13.0. The number of aliphatic hydroxyl groups excluding tert-OH is 1. The van der Waals surface area contributed by atoms with Crippen molar-refractivity contribution in [2.24, 2.45) is 5.92 Å². The first-order chi connectivity index (χ1) is 9.39. The van der Waals surface area contributed by atoms with Crippen molar-refractivity contribution in [1.82, 2.24) is 9.80 Å². The molecule has 1 heterocycles. The Balaban J connectivity index is 1.85. The topological polar surface area (TPSA) is 53.0 Å². The summed E-state index contributed by atoms with van der Waals surface area (Å²) in [4.78, 5) is 16.5. The van der Waals surface area contributed by atoms with Gasteiger partial charge < -0.3 is 19.6 Å². The number of carbonyl (C=O) groups is 1. The molecule has 1 aliphatic heterocycles. The molecule has 2 aliphatic rings. The van der Waals surface area contributed by atoms with Gasteiger partial charge in [0.25, 0.3) is 0 Å². The van der Waals surface area contributed by atoms with Crippen LogP contribution in [0.5, 0.6) is 0 Å². The van der Waals surface area contributed by atoms with Gasteiger partial charge >= 0.3 is 6.09 Å². The van der Waals surface area contributed by atoms with Gasteiger partial charge in [-0.2, -0.15) is 0 Å². The molecule has 5 heteroatoms. The van der Waals surface area contributed by atoms with Crippen molar-refractivity contribution in [3.8, 4) is 0 Å². The maximum Gasteiger partial charge on any atom is 0.410 e. The zero-order valence-electron chi connectivity index (χ0n) is 13.0. The average Bonchev–Trinajstić information content (AvgIpc) is 3.06. The van der Waals surface area contributed by atoms with Crippen molar-refractivity contribution in [2.75, 3.05) is 32.8 Å². The van der Waals surface area contributed by atoms with Crippen molar-refractivity contribution >= 4 is 6.09 Å². The van der Waals surface area contributed by atoms with Crippen LogP contribution in [-0.4, -0.2) is 65.4 Å². The molecule has 0 radical (unpaired) electrons. The fraction of sp³-hybridized carbons (Fsp3) is 0.933. The number of ether oxygens (including phenoxy) is 1. The zero-order chi connectivity index (χ0) is 14.8. The third kappa shape index (κ3) is 4.63. The van der Waals surface area contributed by atoms with E-state index in [1.165, 1.54) is 0 Å². The summed E-state index contributed by atoms with van der Waals surface area (Å²) in [7, 11) is 0. The quantitative estimate of drug-likeness (QED) is 0.835. The van der Waals surface area contributed by atoms with Crippen LogP contribution in [-0.2, 0) is 4.74 Å². The van der Waals surface area contributed by atoms with Crippen LogP contribution in [0.3, 0.4) is 0 Å². The highest BCUT2D eigenvalue weighted by Gasteiger charge is 2.37. The van der Waals surface area contributed by atoms with E-state index >= 15 is 0 Å². The van der Waals surface area contributed by atoms with Crippen LogP contribution < -0.4 is 0 Å². The number of rotatable bonds is 5. The van der Waals surface area contributed by atoms with Crippen molar-refractivity contribution in [3.05, 3.63) is 0 Å². The predicted molar refractivity (Wildman–Crippen MR) is 77.6 cm³/mol. The highest BCUT2D eigenvalue weighted by molar-refractivity contribution is 5.69. The number of hydrogen-bond donors (Lipinski definition) is 1. The summed E-state index contributed by atoms with van der Waals surface area (Å²) in [5, 5.41) is 8.98. The minimum atomic E-state index is -0.428. The maximum absolute atomic E-state index is 12.3. The van der Waals surface area contributed by atoms with Gasteiger partial charge in [-0.15, -0.1) is 0 Å². The molecule has 116 valence electrons. The number of likely N-dealkylation sites (tertiary alicyclic amines) is 1. The normalized spacial score (nSPS) is 23.9. The number of nitrogens with zero attached hydrogens (tertiary/aromatic N) is 2. The lowest BCUT2D eigenvalue weighted by atomic mass is 10.1. The van der Waals surface area contributed by atoms with Gasteiger partial charge in [-0.1, -0.05) is 0 Å². The van der Waals surface area contributed by atoms with E-state index < -0.39 is 5.60 Å². The number of carbonyl (C=O) groups excluding carboxylic acids is 1. The predicted octanol–water partition coefficient (Wildman–Crippen LogP) is 1.70. The molecule has 0 bridgehead atoms. The second kappa shape index (κ2) is 6.31. The molecule has 5 nitrogen and oxygen atoms in total. The summed E-state index contributed by atoms with van der Waals surface area (Å²) in [6, 6.07) is 0.386. The highest BCUT2D eigenvalue weighted by Crippen LogP contribution is 2.30. The molecular formula is C15H28N2O3. The fourth-order valence-electron chi connectivity index (χ4n) is 2.76. The summed E-state index contributed by atoms with van der Waals surface area (Å²) in [5.41, 5.74) is -0.428. The Hall–Kier alpha value is -0.810. The number of β-amino-alcohol motifs (C(OH)–C–C–N with tert-alkyl or cyclic N) is 1. The molecule has 0 unspecified atom stereocenters. The van der Waals surface area contributed by atoms with Crippen LogP contribution in [0.25, 0.3) is 0 Å². The molecule has 0 aromatic heterocycles. The number of amides is 1. The summed E-state index contributed by atoms with van der Waals surface area (Å²) in [6.45, 7) is 9.49. The molecule has 20 heavy (non-hydrogen) atoms. The Morgan fingerprint density at radius 2 is 2.05 bits per heavy atom. The minimum Gasteiger partial charge on any atom is -0.444 e. The van der Waals surface area contributed by atoms with Crippen molar-refractivity contribution in [1.29, 1.82) is 0 Å². The smallest absolute Gasteiger partial charge is 0.410 e. The summed E-state index contributed by atoms with van der Waals surface area (Å²) >= 11 is 0. The molecule has 1 saturated carbocycles. The summed E-state index contributed by atoms with van der Waals surface area (Å²) in [5.74, 6) is 0.509. The fourth-order valence-corrected chi connectivity index (χ4v) is 2.76. The molecule has 1 saturated heterocycles. The average molecular weight is 284 g/mol. The molecular weight excluding hydrogens is 256 g/mol. The molecule has 2 rings (SSSR count). The Morgan fingerprint density at radius 1 is 1.35 bits per heavy atom. The van der Waals surface area contributed by atoms with Gasteiger partial charge in [-0.05, 0) is 52.5 Å². The first-order valence-electron chi connectivity index (χ1n) is 7.72. The SMILES string of the molecule is CC(C)(C)OC(=O)N(C[C@H]1CCN(CCO)C1)C1CC1. The third-order valence-corrected chi connectivity index (χ3v) is 3.86. The molecule has 1 aliphatic carbocycles. The molecule has 1 amide bonds. The molecule has 1 atom stereocenters. The lowest BCUT2D eigenvalue weighted by Crippen LogP contribution is -2.41. The summed E-state index contributed by atoms with van der Waals surface area (Å²) in [6.07, 6.45) is 3.14. The number of aliphatic hydroxyl groups is 1. The molecule has 1 N–H and O–H groups in total. The number of hydrogen-bond acceptors (Lipinski definition) is 4. The van der Waals surface area contributed by atoms with Crippen LogP contribution in [0.4, 0.5) is 4.79 Å². The Kier molecular flexibility index (Phi) is 4.91. The van der Waals surface area contributed by atoms with Gasteiger partial charge in [0.1, 0.15) is 5.60 Å². The second-order valence-corrected chi connectivity index (χ2v) is 7.04. The van der Waals surface area contributed by atoms with Crippen molar-refractivity contribution in [2.45, 2.75) is 51.7 Å². The Bertz CT molecular complexity index is 337. The van der Waals surface area contributed by atoms with Gasteiger partial charge in [-0.3, -0.25) is 0 Å². The highest BCUT2D eigenvalue weighted by atomic mass is 16.6. The Morgan fingerprint density at radius 3 is 2.60 bits per heavy atom. The van der Waals surface area contributed by atoms with Gasteiger partial charge in [0.2, 0.25) is 0 Å². The first-order valence-corrected chi connectivity index (χ1v) is 7.72.